The number of amides is 1. The van der Waals surface area contributed by atoms with Crippen LogP contribution in [0.15, 0.2) is 78.9 Å². The molecule has 0 N–H and O–H groups in total. The molecule has 0 fully saturated rings. The molecule has 0 heterocycles. The highest BCUT2D eigenvalue weighted by molar-refractivity contribution is 5.78. The third-order valence-corrected chi connectivity index (χ3v) is 6.30. The highest BCUT2D eigenvalue weighted by atomic mass is 16.5. The summed E-state index contributed by atoms with van der Waals surface area (Å²) in [5.74, 6) is 1.33. The van der Waals surface area contributed by atoms with Gasteiger partial charge in [0, 0.05) is 13.6 Å². The molecule has 0 bridgehead atoms. The molecule has 0 radical (unpaired) electrons. The van der Waals surface area contributed by atoms with E-state index < -0.39 is 0 Å². The average molecular weight is 504 g/mol. The Labute approximate surface area is 220 Å². The van der Waals surface area contributed by atoms with Crippen molar-refractivity contribution in [3.8, 4) is 11.5 Å². The molecule has 0 spiro atoms. The molecule has 3 aromatic carbocycles. The Balaban J connectivity index is 1.33. The van der Waals surface area contributed by atoms with Crippen LogP contribution in [0.1, 0.15) is 30.0 Å². The molecule has 0 aliphatic rings. The van der Waals surface area contributed by atoms with E-state index in [2.05, 4.69) is 12.1 Å². The van der Waals surface area contributed by atoms with Gasteiger partial charge in [-0.2, -0.15) is 0 Å². The minimum atomic E-state index is -0.176. The van der Waals surface area contributed by atoms with Crippen molar-refractivity contribution in [3.05, 3.63) is 95.6 Å². The fourth-order valence-electron chi connectivity index (χ4n) is 3.85. The number of carbonyl (C=O) groups excluding carboxylic acids is 2. The minimum Gasteiger partial charge on any atom is -0.490 e. The molecule has 37 heavy (non-hydrogen) atoms. The Morgan fingerprint density at radius 2 is 1.30 bits per heavy atom. The van der Waals surface area contributed by atoms with E-state index in [1.165, 1.54) is 12.7 Å². The van der Waals surface area contributed by atoms with Gasteiger partial charge in [-0.05, 0) is 60.2 Å². The van der Waals surface area contributed by atoms with Gasteiger partial charge >= 0.3 is 5.97 Å². The summed E-state index contributed by atoms with van der Waals surface area (Å²) in [6.45, 7) is 3.41. The Morgan fingerprint density at radius 1 is 0.757 bits per heavy atom. The largest absolute Gasteiger partial charge is 0.490 e. The van der Waals surface area contributed by atoms with E-state index in [0.29, 0.717) is 26.2 Å². The Hall–Kier alpha value is -3.80. The van der Waals surface area contributed by atoms with Gasteiger partial charge in [0.25, 0.3) is 0 Å². The number of methoxy groups -OCH3 is 1. The van der Waals surface area contributed by atoms with E-state index in [1.54, 1.807) is 4.90 Å². The molecule has 0 aliphatic carbocycles. The highest BCUT2D eigenvalue weighted by Gasteiger charge is 2.13. The van der Waals surface area contributed by atoms with Gasteiger partial charge in [0.1, 0.15) is 24.7 Å². The molecule has 6 nitrogen and oxygen atoms in total. The van der Waals surface area contributed by atoms with Gasteiger partial charge in [0.2, 0.25) is 5.91 Å². The number of hydrogen-bond donors (Lipinski definition) is 0. The van der Waals surface area contributed by atoms with E-state index >= 15 is 0 Å². The fraction of sp³-hybridized carbons (Fsp3) is 0.355. The second-order valence-corrected chi connectivity index (χ2v) is 9.18. The van der Waals surface area contributed by atoms with E-state index in [-0.39, 0.29) is 17.8 Å². The molecule has 6 heteroatoms. The van der Waals surface area contributed by atoms with E-state index in [4.69, 9.17) is 14.2 Å². The smallest absolute Gasteiger partial charge is 0.308 e. The van der Waals surface area contributed by atoms with Crippen LogP contribution in [0.3, 0.4) is 0 Å². The van der Waals surface area contributed by atoms with Gasteiger partial charge in [-0.3, -0.25) is 9.59 Å². The minimum absolute atomic E-state index is 0.0991. The van der Waals surface area contributed by atoms with Crippen LogP contribution in [-0.2, 0) is 33.6 Å². The van der Waals surface area contributed by atoms with Gasteiger partial charge in [-0.1, -0.05) is 61.5 Å². The number of ether oxygens (including phenoxy) is 3. The van der Waals surface area contributed by atoms with Crippen LogP contribution in [0.4, 0.5) is 0 Å². The lowest BCUT2D eigenvalue weighted by molar-refractivity contribution is -0.145. The van der Waals surface area contributed by atoms with Crippen molar-refractivity contribution in [1.82, 2.24) is 4.90 Å². The summed E-state index contributed by atoms with van der Waals surface area (Å²) < 4.78 is 16.3. The Bertz CT molecular complexity index is 1100. The fourth-order valence-corrected chi connectivity index (χ4v) is 3.85. The van der Waals surface area contributed by atoms with Gasteiger partial charge in [-0.15, -0.1) is 0 Å². The van der Waals surface area contributed by atoms with Crippen molar-refractivity contribution in [1.29, 1.82) is 0 Å². The summed E-state index contributed by atoms with van der Waals surface area (Å²) in [6.07, 6.45) is 2.77. The number of carbonyl (C=O) groups is 2. The van der Waals surface area contributed by atoms with Crippen LogP contribution in [0.2, 0.25) is 0 Å². The first-order valence-electron chi connectivity index (χ1n) is 12.7. The summed E-state index contributed by atoms with van der Waals surface area (Å²) in [5.41, 5.74) is 3.34. The topological polar surface area (TPSA) is 65.1 Å². The molecule has 0 aliphatic heterocycles. The van der Waals surface area contributed by atoms with Crippen molar-refractivity contribution in [3.63, 3.8) is 0 Å². The molecule has 1 amide bonds. The van der Waals surface area contributed by atoms with Gasteiger partial charge in [0.15, 0.2) is 0 Å². The van der Waals surface area contributed by atoms with E-state index in [1.807, 2.05) is 80.7 Å². The summed E-state index contributed by atoms with van der Waals surface area (Å²) in [5, 5.41) is 0. The van der Waals surface area contributed by atoms with Gasteiger partial charge in [-0.25, -0.2) is 0 Å². The summed E-state index contributed by atoms with van der Waals surface area (Å²) >= 11 is 0. The van der Waals surface area contributed by atoms with E-state index in [9.17, 15) is 9.59 Å². The molecule has 0 aromatic heterocycles. The van der Waals surface area contributed by atoms with Gasteiger partial charge in [0.05, 0.1) is 19.4 Å². The van der Waals surface area contributed by atoms with Crippen LogP contribution in [0, 0.1) is 5.92 Å². The third-order valence-electron chi connectivity index (χ3n) is 6.30. The maximum Gasteiger partial charge on any atom is 0.308 e. The lowest BCUT2D eigenvalue weighted by Gasteiger charge is -2.17. The van der Waals surface area contributed by atoms with Crippen molar-refractivity contribution in [2.24, 2.45) is 5.92 Å². The SMILES string of the molecule is COC(=O)C(C)CCc1ccc(OCCOc2ccc(CC(=O)N(C)CCc3ccccc3)cc2)cc1. The lowest BCUT2D eigenvalue weighted by atomic mass is 10.0. The quantitative estimate of drug-likeness (QED) is 0.225. The standard InChI is InChI=1S/C31H37NO5/c1-24(31(34)35-3)9-10-26-11-15-28(16-12-26)36-21-22-37-29-17-13-27(14-18-29)23-30(33)32(2)20-19-25-7-5-4-6-8-25/h4-8,11-18,24H,9-10,19-23H2,1-3H3. The Morgan fingerprint density at radius 3 is 1.86 bits per heavy atom. The number of aryl methyl sites for hydroxylation is 1. The predicted octanol–water partition coefficient (Wildman–Crippen LogP) is 5.13. The van der Waals surface area contributed by atoms with Crippen molar-refractivity contribution in [2.45, 2.75) is 32.6 Å². The molecule has 0 saturated heterocycles. The summed E-state index contributed by atoms with van der Waals surface area (Å²) in [6, 6.07) is 25.7. The maximum atomic E-state index is 12.6. The number of rotatable bonds is 14. The van der Waals surface area contributed by atoms with Crippen LogP contribution in [0.5, 0.6) is 11.5 Å². The normalized spacial score (nSPS) is 11.4. The zero-order chi connectivity index (χ0) is 26.5. The third kappa shape index (κ3) is 9.64. The van der Waals surface area contributed by atoms with Gasteiger partial charge < -0.3 is 19.1 Å². The molecular weight excluding hydrogens is 466 g/mol. The maximum absolute atomic E-state index is 12.6. The second-order valence-electron chi connectivity index (χ2n) is 9.18. The monoisotopic (exact) mass is 503 g/mol. The molecule has 3 aromatic rings. The van der Waals surface area contributed by atoms with Crippen LogP contribution < -0.4 is 9.47 Å². The molecule has 0 saturated carbocycles. The molecular formula is C31H37NO5. The Kier molecular flexibility index (Phi) is 11.0. The number of esters is 1. The van der Waals surface area contributed by atoms with Crippen LogP contribution in [0.25, 0.3) is 0 Å². The molecule has 1 atom stereocenters. The zero-order valence-electron chi connectivity index (χ0n) is 22.0. The first kappa shape index (κ1) is 27.8. The predicted molar refractivity (Wildman–Crippen MR) is 145 cm³/mol. The average Bonchev–Trinajstić information content (AvgIpc) is 2.94. The highest BCUT2D eigenvalue weighted by Crippen LogP contribution is 2.17. The second kappa shape index (κ2) is 14.7. The van der Waals surface area contributed by atoms with E-state index in [0.717, 1.165) is 41.9 Å². The summed E-state index contributed by atoms with van der Waals surface area (Å²) in [7, 11) is 3.27. The van der Waals surface area contributed by atoms with Crippen LogP contribution >= 0.6 is 0 Å². The number of hydrogen-bond acceptors (Lipinski definition) is 5. The van der Waals surface area contributed by atoms with Crippen molar-refractivity contribution >= 4 is 11.9 Å². The first-order valence-corrected chi connectivity index (χ1v) is 12.7. The first-order chi connectivity index (χ1) is 17.9. The number of benzene rings is 3. The zero-order valence-corrected chi connectivity index (χ0v) is 22.0. The summed E-state index contributed by atoms with van der Waals surface area (Å²) in [4.78, 5) is 25.8. The number of likely N-dealkylation sites (N-methyl/N-ethyl adjacent to an activating group) is 1. The molecule has 1 unspecified atom stereocenters. The molecule has 3 rings (SSSR count). The van der Waals surface area contributed by atoms with Crippen molar-refractivity contribution < 1.29 is 23.8 Å². The molecule has 196 valence electrons. The lowest BCUT2D eigenvalue weighted by Crippen LogP contribution is -2.30. The van der Waals surface area contributed by atoms with Crippen LogP contribution in [-0.4, -0.2) is 50.7 Å². The number of nitrogens with zero attached hydrogens (tertiary/aromatic N) is 1. The van der Waals surface area contributed by atoms with Crippen molar-refractivity contribution in [2.75, 3.05) is 33.9 Å².